The van der Waals surface area contributed by atoms with Crippen LogP contribution in [-0.4, -0.2) is 27.6 Å². The molecule has 2 aromatic heterocycles. The fourth-order valence-corrected chi connectivity index (χ4v) is 4.33. The highest BCUT2D eigenvalue weighted by Crippen LogP contribution is 2.27. The van der Waals surface area contributed by atoms with E-state index in [-0.39, 0.29) is 5.56 Å². The number of aromatic nitrogens is 3. The number of benzene rings is 2. The molecule has 0 radical (unpaired) electrons. The number of rotatable bonds is 4. The molecule has 5 nitrogen and oxygen atoms in total. The van der Waals surface area contributed by atoms with Crippen molar-refractivity contribution < 1.29 is 4.74 Å². The fraction of sp³-hybridized carbons (Fsp3) is 0.280. The first kappa shape index (κ1) is 18.8. The predicted molar refractivity (Wildman–Crippen MR) is 118 cm³/mol. The summed E-state index contributed by atoms with van der Waals surface area (Å²) in [7, 11) is 0. The zero-order valence-corrected chi connectivity index (χ0v) is 17.1. The molecule has 152 valence electrons. The van der Waals surface area contributed by atoms with Gasteiger partial charge in [-0.2, -0.15) is 0 Å². The van der Waals surface area contributed by atoms with Gasteiger partial charge in [-0.1, -0.05) is 48.5 Å². The first-order chi connectivity index (χ1) is 14.7. The van der Waals surface area contributed by atoms with Crippen molar-refractivity contribution in [2.75, 3.05) is 13.2 Å². The monoisotopic (exact) mass is 399 g/mol. The number of hydrogen-bond donors (Lipinski definition) is 1. The van der Waals surface area contributed by atoms with Gasteiger partial charge in [0.2, 0.25) is 0 Å². The van der Waals surface area contributed by atoms with Crippen molar-refractivity contribution >= 4 is 5.52 Å². The van der Waals surface area contributed by atoms with E-state index in [0.717, 1.165) is 37.6 Å². The maximum atomic E-state index is 12.7. The third kappa shape index (κ3) is 3.57. The van der Waals surface area contributed by atoms with Crippen LogP contribution in [0.3, 0.4) is 0 Å². The first-order valence-corrected chi connectivity index (χ1v) is 10.5. The summed E-state index contributed by atoms with van der Waals surface area (Å²) in [6.07, 6.45) is 6.30. The number of aromatic amines is 1. The van der Waals surface area contributed by atoms with Gasteiger partial charge in [-0.25, -0.2) is 4.98 Å². The van der Waals surface area contributed by atoms with Crippen LogP contribution in [0.15, 0.2) is 65.7 Å². The summed E-state index contributed by atoms with van der Waals surface area (Å²) in [5.41, 5.74) is 6.26. The number of fused-ring (bicyclic) bond motifs is 1. The van der Waals surface area contributed by atoms with Crippen molar-refractivity contribution in [2.24, 2.45) is 0 Å². The summed E-state index contributed by atoms with van der Waals surface area (Å²) in [4.78, 5) is 20.3. The Morgan fingerprint density at radius 1 is 1.10 bits per heavy atom. The average molecular weight is 399 g/mol. The van der Waals surface area contributed by atoms with Crippen molar-refractivity contribution in [1.82, 2.24) is 14.4 Å². The molecular formula is C25H25N3O2. The molecular weight excluding hydrogens is 374 g/mol. The third-order valence-corrected chi connectivity index (χ3v) is 6.03. The van der Waals surface area contributed by atoms with Gasteiger partial charge in [0, 0.05) is 37.4 Å². The van der Waals surface area contributed by atoms with Crippen LogP contribution in [0, 0.1) is 6.92 Å². The minimum absolute atomic E-state index is 0.0862. The lowest BCUT2D eigenvalue weighted by molar-refractivity contribution is 0.0835. The minimum Gasteiger partial charge on any atom is -0.381 e. The summed E-state index contributed by atoms with van der Waals surface area (Å²) in [5.74, 6) is 1.31. The van der Waals surface area contributed by atoms with Gasteiger partial charge in [0.1, 0.15) is 11.3 Å². The quantitative estimate of drug-likeness (QED) is 0.550. The lowest BCUT2D eigenvalue weighted by Crippen LogP contribution is -2.18. The molecule has 4 aromatic rings. The van der Waals surface area contributed by atoms with E-state index in [0.29, 0.717) is 17.9 Å². The molecule has 0 bridgehead atoms. The lowest BCUT2D eigenvalue weighted by atomic mass is 9.97. The molecule has 3 heterocycles. The van der Waals surface area contributed by atoms with E-state index < -0.39 is 0 Å². The summed E-state index contributed by atoms with van der Waals surface area (Å²) >= 11 is 0. The largest absolute Gasteiger partial charge is 0.381 e. The van der Waals surface area contributed by atoms with Crippen LogP contribution in [0.25, 0.3) is 16.6 Å². The van der Waals surface area contributed by atoms with Crippen molar-refractivity contribution in [3.05, 3.63) is 93.9 Å². The molecule has 5 rings (SSSR count). The van der Waals surface area contributed by atoms with E-state index in [9.17, 15) is 4.79 Å². The van der Waals surface area contributed by atoms with E-state index in [4.69, 9.17) is 4.74 Å². The van der Waals surface area contributed by atoms with Gasteiger partial charge in [-0.3, -0.25) is 9.20 Å². The van der Waals surface area contributed by atoms with Crippen molar-refractivity contribution in [3.8, 4) is 11.1 Å². The number of imidazole rings is 1. The topological polar surface area (TPSA) is 59.4 Å². The number of nitrogens with zero attached hydrogens (tertiary/aromatic N) is 2. The smallest absolute Gasteiger partial charge is 0.274 e. The maximum Gasteiger partial charge on any atom is 0.274 e. The molecule has 0 amide bonds. The second kappa shape index (κ2) is 7.92. The lowest BCUT2D eigenvalue weighted by Gasteiger charge is -2.21. The summed E-state index contributed by atoms with van der Waals surface area (Å²) < 4.78 is 7.47. The Hall–Kier alpha value is -3.18. The first-order valence-electron chi connectivity index (χ1n) is 10.5. The molecule has 0 spiro atoms. The van der Waals surface area contributed by atoms with E-state index in [1.54, 1.807) is 6.20 Å². The highest BCUT2D eigenvalue weighted by atomic mass is 16.5. The number of ether oxygens (including phenoxy) is 1. The summed E-state index contributed by atoms with van der Waals surface area (Å²) in [6, 6.07) is 16.9. The summed E-state index contributed by atoms with van der Waals surface area (Å²) in [6.45, 7) is 3.63. The molecule has 1 aliphatic rings. The standard InChI is InChI=1S/C25H25N3O2/c1-17-13-21(18-5-3-2-4-6-18)8-7-20(17)14-22-16-28-23(25(29)27-22)15-26-24(28)19-9-11-30-12-10-19/h2-8,13,15-16,19H,9-12,14H2,1H3,(H,27,29). The average Bonchev–Trinajstić information content (AvgIpc) is 3.21. The highest BCUT2D eigenvalue weighted by molar-refractivity contribution is 5.64. The van der Waals surface area contributed by atoms with Crippen molar-refractivity contribution in [1.29, 1.82) is 0 Å². The normalized spacial score (nSPS) is 15.0. The fourth-order valence-electron chi connectivity index (χ4n) is 4.33. The van der Waals surface area contributed by atoms with Crippen molar-refractivity contribution in [2.45, 2.75) is 32.1 Å². The number of aryl methyl sites for hydroxylation is 1. The van der Waals surface area contributed by atoms with Crippen molar-refractivity contribution in [3.63, 3.8) is 0 Å². The molecule has 0 aliphatic carbocycles. The Balaban J connectivity index is 1.47. The zero-order valence-electron chi connectivity index (χ0n) is 17.1. The molecule has 1 aliphatic heterocycles. The Morgan fingerprint density at radius 3 is 2.67 bits per heavy atom. The van der Waals surface area contributed by atoms with Crippen LogP contribution in [0.5, 0.6) is 0 Å². The zero-order chi connectivity index (χ0) is 20.5. The Morgan fingerprint density at radius 2 is 1.90 bits per heavy atom. The van der Waals surface area contributed by atoms with Gasteiger partial charge in [0.15, 0.2) is 0 Å². The van der Waals surface area contributed by atoms with E-state index >= 15 is 0 Å². The van der Waals surface area contributed by atoms with Crippen LogP contribution < -0.4 is 5.56 Å². The van der Waals surface area contributed by atoms with E-state index in [1.165, 1.54) is 22.3 Å². The second-order valence-corrected chi connectivity index (χ2v) is 8.05. The van der Waals surface area contributed by atoms with Crippen LogP contribution in [0.1, 0.15) is 41.4 Å². The SMILES string of the molecule is Cc1cc(-c2ccccc2)ccc1Cc1cn2c(C3CCOCC3)ncc2c(=O)[nH]1. The number of H-pyrrole nitrogens is 1. The van der Waals surface area contributed by atoms with Crippen LogP contribution in [-0.2, 0) is 11.2 Å². The molecule has 0 saturated carbocycles. The predicted octanol–water partition coefficient (Wildman–Crippen LogP) is 4.48. The Labute approximate surface area is 175 Å². The van der Waals surface area contributed by atoms with Gasteiger partial charge in [0.25, 0.3) is 5.56 Å². The van der Waals surface area contributed by atoms with Gasteiger partial charge < -0.3 is 9.72 Å². The van der Waals surface area contributed by atoms with Crippen LogP contribution in [0.4, 0.5) is 0 Å². The highest BCUT2D eigenvalue weighted by Gasteiger charge is 2.21. The minimum atomic E-state index is -0.0862. The third-order valence-electron chi connectivity index (χ3n) is 6.03. The molecule has 2 aromatic carbocycles. The molecule has 1 saturated heterocycles. The number of hydrogen-bond acceptors (Lipinski definition) is 3. The molecule has 1 fully saturated rings. The maximum absolute atomic E-state index is 12.7. The Bertz CT molecular complexity index is 1230. The number of nitrogens with one attached hydrogen (secondary N) is 1. The van der Waals surface area contributed by atoms with Gasteiger partial charge in [-0.15, -0.1) is 0 Å². The van der Waals surface area contributed by atoms with E-state index in [2.05, 4.69) is 59.4 Å². The summed E-state index contributed by atoms with van der Waals surface area (Å²) in [5, 5.41) is 0. The molecule has 0 atom stereocenters. The molecule has 0 unspecified atom stereocenters. The molecule has 1 N–H and O–H groups in total. The van der Waals surface area contributed by atoms with Crippen LogP contribution >= 0.6 is 0 Å². The van der Waals surface area contributed by atoms with Gasteiger partial charge >= 0.3 is 0 Å². The molecule has 5 heteroatoms. The second-order valence-electron chi connectivity index (χ2n) is 8.05. The van der Waals surface area contributed by atoms with Crippen LogP contribution in [0.2, 0.25) is 0 Å². The Kier molecular flexibility index (Phi) is 4.97. The van der Waals surface area contributed by atoms with E-state index in [1.807, 2.05) is 16.7 Å². The molecule has 30 heavy (non-hydrogen) atoms. The van der Waals surface area contributed by atoms with Gasteiger partial charge in [0.05, 0.1) is 6.20 Å². The van der Waals surface area contributed by atoms with Gasteiger partial charge in [-0.05, 0) is 42.0 Å².